The lowest BCUT2D eigenvalue weighted by atomic mass is 9.83. The molecule has 1 saturated carbocycles. The quantitative estimate of drug-likeness (QED) is 0.877. The van der Waals surface area contributed by atoms with Crippen molar-refractivity contribution in [2.45, 2.75) is 31.4 Å². The van der Waals surface area contributed by atoms with Gasteiger partial charge in [0.25, 0.3) is 0 Å². The van der Waals surface area contributed by atoms with Crippen molar-refractivity contribution in [1.82, 2.24) is 9.88 Å². The Morgan fingerprint density at radius 1 is 1.68 bits per heavy atom. The summed E-state index contributed by atoms with van der Waals surface area (Å²) in [5, 5.41) is 10.9. The van der Waals surface area contributed by atoms with E-state index in [-0.39, 0.29) is 18.1 Å². The first-order chi connectivity index (χ1) is 9.15. The first kappa shape index (κ1) is 12.4. The van der Waals surface area contributed by atoms with Crippen LogP contribution in [0.5, 0.6) is 0 Å². The van der Waals surface area contributed by atoms with E-state index in [1.807, 2.05) is 12.1 Å². The Balaban J connectivity index is 1.78. The lowest BCUT2D eigenvalue weighted by Crippen LogP contribution is -2.46. The van der Waals surface area contributed by atoms with Crippen molar-refractivity contribution < 1.29 is 14.6 Å². The van der Waals surface area contributed by atoms with Crippen LogP contribution in [0, 0.1) is 5.92 Å². The van der Waals surface area contributed by atoms with Gasteiger partial charge in [0.15, 0.2) is 0 Å². The molecule has 5 nitrogen and oxygen atoms in total. The van der Waals surface area contributed by atoms with Crippen molar-refractivity contribution in [2.24, 2.45) is 5.92 Å². The number of hydrogen-bond acceptors (Lipinski definition) is 4. The molecule has 1 N–H and O–H groups in total. The Kier molecular flexibility index (Phi) is 2.93. The average molecular weight is 262 g/mol. The first-order valence-electron chi connectivity index (χ1n) is 6.71. The van der Waals surface area contributed by atoms with Gasteiger partial charge in [0.2, 0.25) is 0 Å². The highest BCUT2D eigenvalue weighted by atomic mass is 16.6. The number of fused-ring (bicyclic) bond motifs is 2. The smallest absolute Gasteiger partial charge is 0.410 e. The van der Waals surface area contributed by atoms with E-state index in [0.717, 1.165) is 12.0 Å². The maximum Gasteiger partial charge on any atom is 0.410 e. The summed E-state index contributed by atoms with van der Waals surface area (Å²) in [5.41, 5.74) is 0.00747. The highest BCUT2D eigenvalue weighted by Crippen LogP contribution is 2.50. The van der Waals surface area contributed by atoms with E-state index in [4.69, 9.17) is 4.74 Å². The molecule has 3 unspecified atom stereocenters. The Morgan fingerprint density at radius 3 is 3.11 bits per heavy atom. The average Bonchev–Trinajstić information content (AvgIpc) is 2.98. The summed E-state index contributed by atoms with van der Waals surface area (Å²) in [5.74, 6) is 0.0751. The summed E-state index contributed by atoms with van der Waals surface area (Å²) in [6.07, 6.45) is 4.57. The van der Waals surface area contributed by atoms with E-state index in [2.05, 4.69) is 4.98 Å². The van der Waals surface area contributed by atoms with Gasteiger partial charge < -0.3 is 14.7 Å². The van der Waals surface area contributed by atoms with Gasteiger partial charge in [-0.1, -0.05) is 6.07 Å². The van der Waals surface area contributed by atoms with Gasteiger partial charge in [-0.3, -0.25) is 4.98 Å². The minimum atomic E-state index is -0.845. The van der Waals surface area contributed by atoms with Crippen molar-refractivity contribution in [3.63, 3.8) is 0 Å². The SMILES string of the molecule is CCOC(=O)N1CC2CC1CC2(O)c1cccnc1. The summed E-state index contributed by atoms with van der Waals surface area (Å²) < 4.78 is 5.05. The van der Waals surface area contributed by atoms with Crippen LogP contribution in [0.3, 0.4) is 0 Å². The van der Waals surface area contributed by atoms with E-state index in [0.29, 0.717) is 19.6 Å². The van der Waals surface area contributed by atoms with Gasteiger partial charge in [-0.25, -0.2) is 4.79 Å². The predicted molar refractivity (Wildman–Crippen MR) is 68.4 cm³/mol. The van der Waals surface area contributed by atoms with Gasteiger partial charge in [0, 0.05) is 42.9 Å². The standard InChI is InChI=1S/C14H18N2O3/c1-2-19-13(17)16-9-11-6-12(16)7-14(11,18)10-4-3-5-15-8-10/h3-5,8,11-12,18H,2,6-7,9H2,1H3. The van der Waals surface area contributed by atoms with Gasteiger partial charge in [-0.15, -0.1) is 0 Å². The summed E-state index contributed by atoms with van der Waals surface area (Å²) in [6, 6.07) is 3.82. The Morgan fingerprint density at radius 2 is 2.53 bits per heavy atom. The van der Waals surface area contributed by atoms with E-state index in [9.17, 15) is 9.90 Å². The third kappa shape index (κ3) is 1.89. The maximum absolute atomic E-state index is 11.8. The number of hydrogen-bond donors (Lipinski definition) is 1. The number of likely N-dealkylation sites (tertiary alicyclic amines) is 1. The van der Waals surface area contributed by atoms with Crippen molar-refractivity contribution >= 4 is 6.09 Å². The van der Waals surface area contributed by atoms with Crippen LogP contribution >= 0.6 is 0 Å². The number of piperidine rings is 1. The second kappa shape index (κ2) is 4.49. The summed E-state index contributed by atoms with van der Waals surface area (Å²) in [6.45, 7) is 2.76. The first-order valence-corrected chi connectivity index (χ1v) is 6.71. The number of aromatic nitrogens is 1. The summed E-state index contributed by atoms with van der Waals surface area (Å²) in [4.78, 5) is 17.6. The molecule has 1 aromatic heterocycles. The van der Waals surface area contributed by atoms with Crippen molar-refractivity contribution in [1.29, 1.82) is 0 Å². The molecular formula is C14H18N2O3. The topological polar surface area (TPSA) is 62.7 Å². The van der Waals surface area contributed by atoms with Crippen molar-refractivity contribution in [3.05, 3.63) is 30.1 Å². The Bertz CT molecular complexity index is 479. The predicted octanol–water partition coefficient (Wildman–Crippen LogP) is 1.52. The second-order valence-electron chi connectivity index (χ2n) is 5.31. The molecule has 1 aromatic rings. The highest BCUT2D eigenvalue weighted by Gasteiger charge is 2.56. The molecule has 3 rings (SSSR count). The van der Waals surface area contributed by atoms with Gasteiger partial charge >= 0.3 is 6.09 Å². The van der Waals surface area contributed by atoms with E-state index < -0.39 is 5.60 Å². The van der Waals surface area contributed by atoms with E-state index >= 15 is 0 Å². The van der Waals surface area contributed by atoms with Crippen LogP contribution in [0.4, 0.5) is 4.79 Å². The van der Waals surface area contributed by atoms with Gasteiger partial charge in [0.1, 0.15) is 0 Å². The lowest BCUT2D eigenvalue weighted by Gasteiger charge is -2.37. The largest absolute Gasteiger partial charge is 0.450 e. The minimum Gasteiger partial charge on any atom is -0.450 e. The summed E-state index contributed by atoms with van der Waals surface area (Å²) >= 11 is 0. The monoisotopic (exact) mass is 262 g/mol. The number of nitrogens with zero attached hydrogens (tertiary/aromatic N) is 2. The van der Waals surface area contributed by atoms with Crippen molar-refractivity contribution in [3.8, 4) is 0 Å². The van der Waals surface area contributed by atoms with Crippen LogP contribution in [-0.4, -0.2) is 40.3 Å². The fourth-order valence-corrected chi connectivity index (χ4v) is 3.38. The van der Waals surface area contributed by atoms with Crippen LogP contribution in [0.2, 0.25) is 0 Å². The lowest BCUT2D eigenvalue weighted by molar-refractivity contribution is -0.0358. The molecule has 2 bridgehead atoms. The zero-order valence-corrected chi connectivity index (χ0v) is 11.0. The van der Waals surface area contributed by atoms with Crippen LogP contribution in [0.25, 0.3) is 0 Å². The van der Waals surface area contributed by atoms with Crippen LogP contribution in [0.15, 0.2) is 24.5 Å². The number of aliphatic hydroxyl groups is 1. The molecule has 2 aliphatic rings. The van der Waals surface area contributed by atoms with Crippen molar-refractivity contribution in [2.75, 3.05) is 13.2 Å². The molecule has 1 saturated heterocycles. The van der Waals surface area contributed by atoms with E-state index in [1.165, 1.54) is 0 Å². The molecule has 5 heteroatoms. The number of rotatable bonds is 2. The number of amides is 1. The fourth-order valence-electron chi connectivity index (χ4n) is 3.38. The summed E-state index contributed by atoms with van der Waals surface area (Å²) in [7, 11) is 0. The zero-order chi connectivity index (χ0) is 13.5. The fraction of sp³-hybridized carbons (Fsp3) is 0.571. The van der Waals surface area contributed by atoms with Crippen LogP contribution < -0.4 is 0 Å². The number of carbonyl (C=O) groups is 1. The minimum absolute atomic E-state index is 0.0751. The zero-order valence-electron chi connectivity index (χ0n) is 11.0. The third-order valence-corrected chi connectivity index (χ3v) is 4.30. The molecule has 3 atom stereocenters. The molecule has 1 aliphatic heterocycles. The highest BCUT2D eigenvalue weighted by molar-refractivity contribution is 5.69. The van der Waals surface area contributed by atoms with Gasteiger partial charge in [0.05, 0.1) is 12.2 Å². The number of carbonyl (C=O) groups excluding carboxylic acids is 1. The molecule has 19 heavy (non-hydrogen) atoms. The third-order valence-electron chi connectivity index (χ3n) is 4.30. The molecule has 0 spiro atoms. The second-order valence-corrected chi connectivity index (χ2v) is 5.31. The maximum atomic E-state index is 11.8. The molecule has 102 valence electrons. The van der Waals surface area contributed by atoms with Gasteiger partial charge in [-0.05, 0) is 19.4 Å². The molecule has 1 aliphatic carbocycles. The number of ether oxygens (including phenoxy) is 1. The Labute approximate surface area is 112 Å². The van der Waals surface area contributed by atoms with E-state index in [1.54, 1.807) is 24.2 Å². The molecular weight excluding hydrogens is 244 g/mol. The van der Waals surface area contributed by atoms with Crippen LogP contribution in [-0.2, 0) is 10.3 Å². The number of pyridine rings is 1. The Hall–Kier alpha value is -1.62. The normalized spacial score (nSPS) is 32.6. The molecule has 2 fully saturated rings. The van der Waals surface area contributed by atoms with Gasteiger partial charge in [-0.2, -0.15) is 0 Å². The molecule has 2 heterocycles. The molecule has 1 amide bonds. The molecule has 0 radical (unpaired) electrons. The van der Waals surface area contributed by atoms with Crippen LogP contribution in [0.1, 0.15) is 25.3 Å². The molecule has 0 aromatic carbocycles.